The highest BCUT2D eigenvalue weighted by molar-refractivity contribution is 6.30. The number of halogens is 2. The van der Waals surface area contributed by atoms with E-state index in [4.69, 9.17) is 11.6 Å². The molecule has 1 aromatic rings. The molecular weight excluding hydrogens is 229 g/mol. The summed E-state index contributed by atoms with van der Waals surface area (Å²) in [5.74, 6) is -0.427. The molecule has 0 aromatic heterocycles. The van der Waals surface area contributed by atoms with Gasteiger partial charge in [-0.2, -0.15) is 0 Å². The molecular formula is C12H15ClFNO. The highest BCUT2D eigenvalue weighted by atomic mass is 35.5. The van der Waals surface area contributed by atoms with Crippen molar-refractivity contribution in [1.82, 2.24) is 5.32 Å². The van der Waals surface area contributed by atoms with Crippen LogP contribution in [0.15, 0.2) is 18.2 Å². The third-order valence-corrected chi connectivity index (χ3v) is 3.37. The summed E-state index contributed by atoms with van der Waals surface area (Å²) in [7, 11) is 0. The Balaban J connectivity index is 2.19. The van der Waals surface area contributed by atoms with E-state index in [0.29, 0.717) is 5.56 Å². The van der Waals surface area contributed by atoms with Crippen molar-refractivity contribution in [2.24, 2.45) is 5.92 Å². The van der Waals surface area contributed by atoms with Crippen molar-refractivity contribution < 1.29 is 9.50 Å². The number of aliphatic hydroxyl groups is 1. The van der Waals surface area contributed by atoms with E-state index >= 15 is 0 Å². The van der Waals surface area contributed by atoms with E-state index in [9.17, 15) is 9.50 Å². The minimum Gasteiger partial charge on any atom is -0.388 e. The Bertz CT molecular complexity index is 366. The summed E-state index contributed by atoms with van der Waals surface area (Å²) in [5, 5.41) is 13.4. The topological polar surface area (TPSA) is 32.3 Å². The zero-order valence-corrected chi connectivity index (χ0v) is 9.67. The summed E-state index contributed by atoms with van der Waals surface area (Å²) >= 11 is 5.70. The molecule has 2 nitrogen and oxygen atoms in total. The van der Waals surface area contributed by atoms with Gasteiger partial charge in [0.1, 0.15) is 5.82 Å². The highest BCUT2D eigenvalue weighted by Gasteiger charge is 2.25. The molecule has 0 aliphatic carbocycles. The standard InChI is InChI=1S/C12H15ClFNO/c13-10-5-1-4-9(11(10)14)12(16)8-3-2-6-15-7-8/h1,4-5,8,12,15-16H,2-3,6-7H2. The van der Waals surface area contributed by atoms with Gasteiger partial charge in [-0.15, -0.1) is 0 Å². The van der Waals surface area contributed by atoms with Gasteiger partial charge in [0.15, 0.2) is 0 Å². The second kappa shape index (κ2) is 5.13. The number of benzene rings is 1. The average Bonchev–Trinajstić information content (AvgIpc) is 2.33. The summed E-state index contributed by atoms with van der Waals surface area (Å²) in [6, 6.07) is 4.76. The molecule has 4 heteroatoms. The van der Waals surface area contributed by atoms with E-state index in [1.165, 1.54) is 6.07 Å². The van der Waals surface area contributed by atoms with Gasteiger partial charge in [-0.05, 0) is 25.5 Å². The van der Waals surface area contributed by atoms with Crippen LogP contribution in [0.5, 0.6) is 0 Å². The fourth-order valence-corrected chi connectivity index (χ4v) is 2.33. The van der Waals surface area contributed by atoms with Crippen molar-refractivity contribution in [3.05, 3.63) is 34.6 Å². The number of hydrogen-bond donors (Lipinski definition) is 2. The van der Waals surface area contributed by atoms with Crippen LogP contribution in [0, 0.1) is 11.7 Å². The molecule has 2 rings (SSSR count). The normalized spacial score (nSPS) is 23.1. The van der Waals surface area contributed by atoms with Crippen LogP contribution in [0.25, 0.3) is 0 Å². The molecule has 2 N–H and O–H groups in total. The van der Waals surface area contributed by atoms with E-state index < -0.39 is 11.9 Å². The van der Waals surface area contributed by atoms with E-state index in [1.54, 1.807) is 12.1 Å². The smallest absolute Gasteiger partial charge is 0.147 e. The van der Waals surface area contributed by atoms with E-state index in [0.717, 1.165) is 25.9 Å². The molecule has 0 radical (unpaired) electrons. The van der Waals surface area contributed by atoms with E-state index in [1.807, 2.05) is 0 Å². The third-order valence-electron chi connectivity index (χ3n) is 3.08. The molecule has 0 bridgehead atoms. The summed E-state index contributed by atoms with van der Waals surface area (Å²) < 4.78 is 13.7. The van der Waals surface area contributed by atoms with Crippen molar-refractivity contribution in [1.29, 1.82) is 0 Å². The molecule has 1 heterocycles. The number of aliphatic hydroxyl groups excluding tert-OH is 1. The van der Waals surface area contributed by atoms with Gasteiger partial charge in [0, 0.05) is 18.0 Å². The van der Waals surface area contributed by atoms with Crippen LogP contribution in [-0.2, 0) is 0 Å². The van der Waals surface area contributed by atoms with Gasteiger partial charge in [0.05, 0.1) is 11.1 Å². The maximum Gasteiger partial charge on any atom is 0.147 e. The summed E-state index contributed by atoms with van der Waals surface area (Å²) in [5.41, 5.74) is 0.307. The number of rotatable bonds is 2. The molecule has 1 saturated heterocycles. The second-order valence-electron chi connectivity index (χ2n) is 4.19. The second-order valence-corrected chi connectivity index (χ2v) is 4.60. The first-order valence-electron chi connectivity index (χ1n) is 5.53. The van der Waals surface area contributed by atoms with Crippen LogP contribution >= 0.6 is 11.6 Å². The molecule has 88 valence electrons. The maximum absolute atomic E-state index is 13.7. The van der Waals surface area contributed by atoms with E-state index in [2.05, 4.69) is 5.32 Å². The van der Waals surface area contributed by atoms with Gasteiger partial charge < -0.3 is 10.4 Å². The zero-order chi connectivity index (χ0) is 11.5. The van der Waals surface area contributed by atoms with E-state index in [-0.39, 0.29) is 10.9 Å². The Morgan fingerprint density at radius 3 is 3.00 bits per heavy atom. The molecule has 2 unspecified atom stereocenters. The molecule has 0 saturated carbocycles. The van der Waals surface area contributed by atoms with Gasteiger partial charge in [-0.25, -0.2) is 4.39 Å². The van der Waals surface area contributed by atoms with Crippen molar-refractivity contribution >= 4 is 11.6 Å². The highest BCUT2D eigenvalue weighted by Crippen LogP contribution is 2.31. The third kappa shape index (κ3) is 2.37. The lowest BCUT2D eigenvalue weighted by molar-refractivity contribution is 0.0888. The van der Waals surface area contributed by atoms with Crippen molar-refractivity contribution in [2.45, 2.75) is 18.9 Å². The van der Waals surface area contributed by atoms with Gasteiger partial charge >= 0.3 is 0 Å². The van der Waals surface area contributed by atoms with Crippen molar-refractivity contribution in [2.75, 3.05) is 13.1 Å². The first-order valence-corrected chi connectivity index (χ1v) is 5.90. The first-order chi connectivity index (χ1) is 7.70. The Kier molecular flexibility index (Phi) is 3.79. The van der Waals surface area contributed by atoms with Gasteiger partial charge in [-0.1, -0.05) is 23.7 Å². The molecule has 16 heavy (non-hydrogen) atoms. The fraction of sp³-hybridized carbons (Fsp3) is 0.500. The van der Waals surface area contributed by atoms with Crippen LogP contribution in [-0.4, -0.2) is 18.2 Å². The largest absolute Gasteiger partial charge is 0.388 e. The minimum atomic E-state index is -0.772. The molecule has 2 atom stereocenters. The lowest BCUT2D eigenvalue weighted by atomic mass is 9.89. The first kappa shape index (κ1) is 11.8. The van der Waals surface area contributed by atoms with Crippen LogP contribution in [0.1, 0.15) is 24.5 Å². The molecule has 1 fully saturated rings. The van der Waals surface area contributed by atoms with Crippen molar-refractivity contribution in [3.8, 4) is 0 Å². The molecule has 0 amide bonds. The quantitative estimate of drug-likeness (QED) is 0.837. The molecule has 1 aliphatic rings. The van der Waals surface area contributed by atoms with Crippen LogP contribution < -0.4 is 5.32 Å². The number of piperidine rings is 1. The summed E-state index contributed by atoms with van der Waals surface area (Å²) in [4.78, 5) is 0. The summed E-state index contributed by atoms with van der Waals surface area (Å²) in [6.07, 6.45) is 1.16. The molecule has 1 aromatic carbocycles. The Hall–Kier alpha value is -0.640. The van der Waals surface area contributed by atoms with Crippen LogP contribution in [0.2, 0.25) is 5.02 Å². The van der Waals surface area contributed by atoms with Crippen LogP contribution in [0.3, 0.4) is 0 Å². The van der Waals surface area contributed by atoms with Gasteiger partial charge in [0.2, 0.25) is 0 Å². The van der Waals surface area contributed by atoms with Crippen molar-refractivity contribution in [3.63, 3.8) is 0 Å². The van der Waals surface area contributed by atoms with Gasteiger partial charge in [-0.3, -0.25) is 0 Å². The Labute approximate surface area is 99.4 Å². The fourth-order valence-electron chi connectivity index (χ4n) is 2.15. The Morgan fingerprint density at radius 2 is 2.31 bits per heavy atom. The average molecular weight is 244 g/mol. The maximum atomic E-state index is 13.7. The molecule has 0 spiro atoms. The molecule has 1 aliphatic heterocycles. The Morgan fingerprint density at radius 1 is 1.50 bits per heavy atom. The minimum absolute atomic E-state index is 0.0697. The lowest BCUT2D eigenvalue weighted by Crippen LogP contribution is -2.33. The SMILES string of the molecule is OC(c1cccc(Cl)c1F)C1CCCNC1. The zero-order valence-electron chi connectivity index (χ0n) is 8.92. The monoisotopic (exact) mass is 243 g/mol. The number of nitrogens with one attached hydrogen (secondary N) is 1. The number of hydrogen-bond acceptors (Lipinski definition) is 2. The lowest BCUT2D eigenvalue weighted by Gasteiger charge is -2.27. The predicted molar refractivity (Wildman–Crippen MR) is 62.0 cm³/mol. The van der Waals surface area contributed by atoms with Crippen LogP contribution in [0.4, 0.5) is 4.39 Å². The van der Waals surface area contributed by atoms with Gasteiger partial charge in [0.25, 0.3) is 0 Å². The summed E-state index contributed by atoms with van der Waals surface area (Å²) in [6.45, 7) is 1.70. The predicted octanol–water partition coefficient (Wildman–Crippen LogP) is 2.51.